The molecule has 1 heterocycles. The molecular formula is C26H23NO5. The van der Waals surface area contributed by atoms with Crippen LogP contribution < -0.4 is 9.64 Å². The van der Waals surface area contributed by atoms with Crippen LogP contribution in [0.2, 0.25) is 0 Å². The molecule has 1 amide bonds. The van der Waals surface area contributed by atoms with Gasteiger partial charge < -0.3 is 14.9 Å². The third kappa shape index (κ3) is 3.83. The molecule has 1 unspecified atom stereocenters. The number of hydrogen-bond acceptors (Lipinski definition) is 5. The number of aliphatic hydroxyl groups is 1. The highest BCUT2D eigenvalue weighted by Crippen LogP contribution is 2.43. The molecule has 2 N–H and O–H groups in total. The molecule has 1 aliphatic rings. The molecule has 1 fully saturated rings. The van der Waals surface area contributed by atoms with Crippen LogP contribution in [0.5, 0.6) is 11.5 Å². The maximum atomic E-state index is 13.1. The van der Waals surface area contributed by atoms with Crippen molar-refractivity contribution in [3.63, 3.8) is 0 Å². The van der Waals surface area contributed by atoms with Gasteiger partial charge in [0, 0.05) is 11.3 Å². The molecule has 1 saturated heterocycles. The van der Waals surface area contributed by atoms with E-state index in [4.69, 9.17) is 4.74 Å². The van der Waals surface area contributed by atoms with Gasteiger partial charge in [-0.25, -0.2) is 0 Å². The summed E-state index contributed by atoms with van der Waals surface area (Å²) in [6.07, 6.45) is 0. The Labute approximate surface area is 186 Å². The van der Waals surface area contributed by atoms with Crippen LogP contribution in [0.4, 0.5) is 5.69 Å². The summed E-state index contributed by atoms with van der Waals surface area (Å²) in [5, 5.41) is 21.2. The molecule has 6 heteroatoms. The lowest BCUT2D eigenvalue weighted by molar-refractivity contribution is -0.132. The van der Waals surface area contributed by atoms with E-state index in [1.165, 1.54) is 17.0 Å². The van der Waals surface area contributed by atoms with Crippen molar-refractivity contribution >= 4 is 23.1 Å². The fraction of sp³-hybridized carbons (Fsp3) is 0.154. The van der Waals surface area contributed by atoms with Gasteiger partial charge in [0.15, 0.2) is 0 Å². The van der Waals surface area contributed by atoms with Crippen LogP contribution >= 0.6 is 0 Å². The molecule has 0 radical (unpaired) electrons. The van der Waals surface area contributed by atoms with Gasteiger partial charge in [0.2, 0.25) is 0 Å². The van der Waals surface area contributed by atoms with Crippen molar-refractivity contribution in [2.24, 2.45) is 0 Å². The number of benzene rings is 3. The minimum Gasteiger partial charge on any atom is -0.508 e. The van der Waals surface area contributed by atoms with Crippen molar-refractivity contribution < 1.29 is 24.5 Å². The van der Waals surface area contributed by atoms with Gasteiger partial charge in [-0.1, -0.05) is 24.3 Å². The molecule has 6 nitrogen and oxygen atoms in total. The average molecular weight is 429 g/mol. The first kappa shape index (κ1) is 21.2. The van der Waals surface area contributed by atoms with E-state index in [2.05, 4.69) is 0 Å². The fourth-order valence-electron chi connectivity index (χ4n) is 3.92. The summed E-state index contributed by atoms with van der Waals surface area (Å²) in [5.41, 5.74) is 2.32. The van der Waals surface area contributed by atoms with Crippen molar-refractivity contribution in [3.8, 4) is 11.5 Å². The predicted octanol–water partition coefficient (Wildman–Crippen LogP) is 4.73. The smallest absolute Gasteiger partial charge is 0.300 e. The number of aromatic hydroxyl groups is 1. The second-order valence-electron chi connectivity index (χ2n) is 7.56. The molecule has 0 spiro atoms. The largest absolute Gasteiger partial charge is 0.508 e. The van der Waals surface area contributed by atoms with Crippen molar-refractivity contribution in [1.82, 2.24) is 0 Å². The van der Waals surface area contributed by atoms with Crippen LogP contribution in [-0.2, 0) is 9.59 Å². The number of nitrogens with zero attached hydrogens (tertiary/aromatic N) is 1. The Morgan fingerprint density at radius 3 is 2.38 bits per heavy atom. The molecule has 3 aromatic rings. The number of phenolic OH excluding ortho intramolecular Hbond substituents is 1. The van der Waals surface area contributed by atoms with Gasteiger partial charge in [0.1, 0.15) is 17.3 Å². The van der Waals surface area contributed by atoms with Gasteiger partial charge in [-0.15, -0.1) is 0 Å². The normalized spacial score (nSPS) is 17.6. The first-order valence-electron chi connectivity index (χ1n) is 10.3. The Bertz CT molecular complexity index is 1210. The topological polar surface area (TPSA) is 87.1 Å². The first-order valence-corrected chi connectivity index (χ1v) is 10.3. The first-order chi connectivity index (χ1) is 15.4. The van der Waals surface area contributed by atoms with Crippen LogP contribution in [0.3, 0.4) is 0 Å². The van der Waals surface area contributed by atoms with E-state index in [1.807, 2.05) is 19.9 Å². The molecule has 0 aliphatic carbocycles. The van der Waals surface area contributed by atoms with Gasteiger partial charge in [0.05, 0.1) is 18.2 Å². The number of aryl methyl sites for hydroxylation is 1. The maximum Gasteiger partial charge on any atom is 0.300 e. The number of ether oxygens (including phenoxy) is 1. The number of hydrogen-bond donors (Lipinski definition) is 2. The molecule has 1 aliphatic heterocycles. The second kappa shape index (κ2) is 8.59. The summed E-state index contributed by atoms with van der Waals surface area (Å²) in [4.78, 5) is 27.6. The highest BCUT2D eigenvalue weighted by atomic mass is 16.5. The zero-order chi connectivity index (χ0) is 22.8. The molecule has 1 atom stereocenters. The summed E-state index contributed by atoms with van der Waals surface area (Å²) in [7, 11) is 0. The van der Waals surface area contributed by atoms with Crippen molar-refractivity contribution in [2.75, 3.05) is 11.5 Å². The van der Waals surface area contributed by atoms with E-state index >= 15 is 0 Å². The summed E-state index contributed by atoms with van der Waals surface area (Å²) in [6.45, 7) is 4.27. The van der Waals surface area contributed by atoms with Crippen molar-refractivity contribution in [2.45, 2.75) is 19.9 Å². The summed E-state index contributed by atoms with van der Waals surface area (Å²) in [6, 6.07) is 19.4. The van der Waals surface area contributed by atoms with Crippen LogP contribution in [0.15, 0.2) is 78.4 Å². The van der Waals surface area contributed by atoms with Crippen LogP contribution in [-0.4, -0.2) is 28.5 Å². The number of carbonyl (C=O) groups is 2. The molecule has 162 valence electrons. The maximum absolute atomic E-state index is 13.1. The number of aliphatic hydroxyl groups excluding tert-OH is 1. The minimum absolute atomic E-state index is 0.00148. The van der Waals surface area contributed by atoms with Crippen LogP contribution in [0.25, 0.3) is 5.76 Å². The highest BCUT2D eigenvalue weighted by Gasteiger charge is 2.47. The lowest BCUT2D eigenvalue weighted by atomic mass is 9.95. The Morgan fingerprint density at radius 1 is 1.00 bits per heavy atom. The monoisotopic (exact) mass is 429 g/mol. The number of ketones is 1. The van der Waals surface area contributed by atoms with E-state index in [1.54, 1.807) is 54.6 Å². The SMILES string of the molecule is CCOc1ccc(/C(O)=C2\C(=O)C(=O)N(c3cccc(C)c3)C2c2cccc(O)c2)cc1. The zero-order valence-electron chi connectivity index (χ0n) is 17.8. The van der Waals surface area contributed by atoms with E-state index in [-0.39, 0.29) is 17.1 Å². The van der Waals surface area contributed by atoms with Gasteiger partial charge in [-0.3, -0.25) is 14.5 Å². The number of rotatable bonds is 5. The molecule has 0 saturated carbocycles. The lowest BCUT2D eigenvalue weighted by Gasteiger charge is -2.25. The van der Waals surface area contributed by atoms with Gasteiger partial charge in [-0.05, 0) is 73.5 Å². The highest BCUT2D eigenvalue weighted by molar-refractivity contribution is 6.51. The summed E-state index contributed by atoms with van der Waals surface area (Å²) < 4.78 is 5.44. The zero-order valence-corrected chi connectivity index (χ0v) is 17.8. The quantitative estimate of drug-likeness (QED) is 0.348. The van der Waals surface area contributed by atoms with E-state index < -0.39 is 17.7 Å². The summed E-state index contributed by atoms with van der Waals surface area (Å²) >= 11 is 0. The Hall–Kier alpha value is -4.06. The molecule has 0 bridgehead atoms. The van der Waals surface area contributed by atoms with E-state index in [9.17, 15) is 19.8 Å². The van der Waals surface area contributed by atoms with Crippen LogP contribution in [0.1, 0.15) is 29.7 Å². The minimum atomic E-state index is -0.893. The molecule has 3 aromatic carbocycles. The second-order valence-corrected chi connectivity index (χ2v) is 7.56. The Balaban J connectivity index is 1.90. The fourth-order valence-corrected chi connectivity index (χ4v) is 3.92. The average Bonchev–Trinajstić information content (AvgIpc) is 3.05. The molecule has 32 heavy (non-hydrogen) atoms. The number of carbonyl (C=O) groups excluding carboxylic acids is 2. The van der Waals surface area contributed by atoms with Gasteiger partial charge in [0.25, 0.3) is 11.7 Å². The predicted molar refractivity (Wildman–Crippen MR) is 122 cm³/mol. The number of anilines is 1. The molecule has 4 rings (SSSR count). The number of phenols is 1. The summed E-state index contributed by atoms with van der Waals surface area (Å²) in [5.74, 6) is -1.18. The van der Waals surface area contributed by atoms with E-state index in [0.29, 0.717) is 29.2 Å². The van der Waals surface area contributed by atoms with E-state index in [0.717, 1.165) is 5.56 Å². The van der Waals surface area contributed by atoms with Gasteiger partial charge in [-0.2, -0.15) is 0 Å². The molecule has 0 aromatic heterocycles. The standard InChI is InChI=1S/C26H23NO5/c1-3-32-21-12-10-17(11-13-21)24(29)22-23(18-7-5-9-20(28)15-18)27(26(31)25(22)30)19-8-4-6-16(2)14-19/h4-15,23,28-29H,3H2,1-2H3/b24-22+. The van der Waals surface area contributed by atoms with Gasteiger partial charge >= 0.3 is 0 Å². The Kier molecular flexibility index (Phi) is 5.69. The number of amides is 1. The molecular weight excluding hydrogens is 406 g/mol. The third-order valence-electron chi connectivity index (χ3n) is 5.35. The van der Waals surface area contributed by atoms with Crippen molar-refractivity contribution in [3.05, 3.63) is 95.1 Å². The number of Topliss-reactive ketones (excluding diaryl/α,β-unsaturated/α-hetero) is 1. The van der Waals surface area contributed by atoms with Crippen molar-refractivity contribution in [1.29, 1.82) is 0 Å². The van der Waals surface area contributed by atoms with Crippen LogP contribution in [0, 0.1) is 6.92 Å². The Morgan fingerprint density at radius 2 is 1.72 bits per heavy atom. The third-order valence-corrected chi connectivity index (χ3v) is 5.35. The lowest BCUT2D eigenvalue weighted by Crippen LogP contribution is -2.29.